The summed E-state index contributed by atoms with van der Waals surface area (Å²) in [5, 5.41) is 10.2. The van der Waals surface area contributed by atoms with Gasteiger partial charge in [0.15, 0.2) is 0 Å². The molecule has 1 aliphatic rings. The van der Waals surface area contributed by atoms with Crippen molar-refractivity contribution in [3.63, 3.8) is 0 Å². The van der Waals surface area contributed by atoms with Gasteiger partial charge in [0, 0.05) is 6.08 Å². The highest BCUT2D eigenvalue weighted by Gasteiger charge is 2.36. The number of carbonyl (C=O) groups is 1. The second kappa shape index (κ2) is 18.5. The predicted molar refractivity (Wildman–Crippen MR) is 173 cm³/mol. The van der Waals surface area contributed by atoms with E-state index in [4.69, 9.17) is 9.47 Å². The Morgan fingerprint density at radius 1 is 0.952 bits per heavy atom. The van der Waals surface area contributed by atoms with Gasteiger partial charge < -0.3 is 9.47 Å². The van der Waals surface area contributed by atoms with Crippen molar-refractivity contribution in [3.8, 4) is 22.9 Å². The summed E-state index contributed by atoms with van der Waals surface area (Å²) in [5.41, 5.74) is 3.63. The third kappa shape index (κ3) is 11.0. The topological polar surface area (TPSA) is 59.3 Å². The van der Waals surface area contributed by atoms with Gasteiger partial charge in [-0.25, -0.2) is 4.79 Å². The van der Waals surface area contributed by atoms with E-state index in [0.29, 0.717) is 12.5 Å². The smallest absolute Gasteiger partial charge is 0.330 e. The van der Waals surface area contributed by atoms with Crippen molar-refractivity contribution in [3.05, 3.63) is 66.7 Å². The first-order valence-electron chi connectivity index (χ1n) is 16.6. The minimum Gasteiger partial charge on any atom is -0.490 e. The number of nitrogens with zero attached hydrogens (tertiary/aromatic N) is 1. The van der Waals surface area contributed by atoms with Crippen LogP contribution in [0.2, 0.25) is 0 Å². The van der Waals surface area contributed by atoms with Gasteiger partial charge in [0.25, 0.3) is 0 Å². The van der Waals surface area contributed by atoms with Crippen LogP contribution in [0.5, 0.6) is 5.75 Å². The van der Waals surface area contributed by atoms with Crippen LogP contribution >= 0.6 is 0 Å². The lowest BCUT2D eigenvalue weighted by molar-refractivity contribution is -0.137. The maximum atomic E-state index is 11.2. The summed E-state index contributed by atoms with van der Waals surface area (Å²) >= 11 is 0. The summed E-state index contributed by atoms with van der Waals surface area (Å²) in [6.07, 6.45) is 19.3. The molecule has 0 N–H and O–H groups in total. The van der Waals surface area contributed by atoms with Crippen LogP contribution in [0.15, 0.2) is 61.2 Å². The zero-order valence-electron chi connectivity index (χ0n) is 26.3. The Hall–Kier alpha value is -3.06. The van der Waals surface area contributed by atoms with Crippen molar-refractivity contribution in [1.82, 2.24) is 0 Å². The maximum absolute atomic E-state index is 11.2. The summed E-state index contributed by atoms with van der Waals surface area (Å²) in [4.78, 5) is 11.2. The number of carbonyl (C=O) groups excluding carboxylic acids is 1. The van der Waals surface area contributed by atoms with Gasteiger partial charge in [-0.05, 0) is 86.1 Å². The van der Waals surface area contributed by atoms with Gasteiger partial charge in [-0.3, -0.25) is 0 Å². The molecule has 3 atom stereocenters. The second-order valence-corrected chi connectivity index (χ2v) is 12.2. The Bertz CT molecular complexity index is 1100. The number of unbranched alkanes of at least 4 members (excludes halogenated alkanes) is 6. The van der Waals surface area contributed by atoms with E-state index >= 15 is 0 Å². The zero-order valence-corrected chi connectivity index (χ0v) is 26.3. The van der Waals surface area contributed by atoms with E-state index in [1.54, 1.807) is 0 Å². The third-order valence-corrected chi connectivity index (χ3v) is 8.91. The molecule has 0 saturated heterocycles. The number of hydrogen-bond acceptors (Lipinski definition) is 4. The first kappa shape index (κ1) is 33.4. The predicted octanol–water partition coefficient (Wildman–Crippen LogP) is 10.7. The Morgan fingerprint density at radius 3 is 2.31 bits per heavy atom. The summed E-state index contributed by atoms with van der Waals surface area (Å²) in [7, 11) is 0. The Balaban J connectivity index is 1.52. The molecular weight excluding hydrogens is 518 g/mol. The number of nitriles is 1. The molecule has 0 heterocycles. The molecule has 0 aliphatic heterocycles. The Morgan fingerprint density at radius 2 is 1.64 bits per heavy atom. The molecule has 0 radical (unpaired) electrons. The molecule has 0 amide bonds. The van der Waals surface area contributed by atoms with Gasteiger partial charge in [-0.2, -0.15) is 5.26 Å². The van der Waals surface area contributed by atoms with E-state index in [1.807, 2.05) is 0 Å². The monoisotopic (exact) mass is 571 g/mol. The van der Waals surface area contributed by atoms with Gasteiger partial charge in [-0.1, -0.05) is 108 Å². The van der Waals surface area contributed by atoms with Crippen LogP contribution in [-0.2, 0) is 9.53 Å². The first-order chi connectivity index (χ1) is 20.5. The Kier molecular flexibility index (Phi) is 14.7. The number of benzene rings is 2. The van der Waals surface area contributed by atoms with Crippen molar-refractivity contribution in [2.24, 2.45) is 5.41 Å². The van der Waals surface area contributed by atoms with Crippen molar-refractivity contribution in [2.45, 2.75) is 129 Å². The summed E-state index contributed by atoms with van der Waals surface area (Å²) in [6, 6.07) is 20.2. The highest BCUT2D eigenvalue weighted by Crippen LogP contribution is 2.47. The van der Waals surface area contributed by atoms with E-state index in [-0.39, 0.29) is 17.5 Å². The average molecular weight is 572 g/mol. The molecule has 1 aliphatic carbocycles. The van der Waals surface area contributed by atoms with Crippen LogP contribution in [0.4, 0.5) is 0 Å². The van der Waals surface area contributed by atoms with E-state index in [0.717, 1.165) is 63.5 Å². The van der Waals surface area contributed by atoms with E-state index in [1.165, 1.54) is 67.7 Å². The molecule has 4 nitrogen and oxygen atoms in total. The van der Waals surface area contributed by atoms with Crippen LogP contribution < -0.4 is 4.74 Å². The van der Waals surface area contributed by atoms with Crippen LogP contribution in [0.3, 0.4) is 0 Å². The molecule has 0 bridgehead atoms. The highest BCUT2D eigenvalue weighted by atomic mass is 16.5. The molecular formula is C38H53NO3. The third-order valence-electron chi connectivity index (χ3n) is 8.91. The van der Waals surface area contributed by atoms with Crippen LogP contribution in [-0.4, -0.2) is 18.7 Å². The minimum absolute atomic E-state index is 0.143. The fourth-order valence-corrected chi connectivity index (χ4v) is 6.43. The fraction of sp³-hybridized carbons (Fsp3) is 0.579. The normalized spacial score (nSPS) is 19.0. The lowest BCUT2D eigenvalue weighted by Gasteiger charge is -2.36. The fourth-order valence-electron chi connectivity index (χ4n) is 6.43. The van der Waals surface area contributed by atoms with Gasteiger partial charge in [0.05, 0.1) is 24.2 Å². The lowest BCUT2D eigenvalue weighted by Crippen LogP contribution is -2.26. The standard InChI is InChI=1S/C38H53NO3/c1-4-7-8-9-10-12-26-38(30-39)27-14-16-34(29-38)33-20-18-31(19-21-33)32-22-24-36(25-23-32)42-35(15-5-2)17-11-13-28-41-37(40)6-3/h6,18-25,34-35H,3-5,7-17,26-29H2,1-2H3. The number of ether oxygens (including phenoxy) is 2. The molecule has 3 rings (SSSR count). The Labute approximate surface area is 255 Å². The molecule has 228 valence electrons. The van der Waals surface area contributed by atoms with E-state index in [9.17, 15) is 10.1 Å². The molecule has 2 aromatic carbocycles. The van der Waals surface area contributed by atoms with Gasteiger partial charge >= 0.3 is 5.97 Å². The van der Waals surface area contributed by atoms with Gasteiger partial charge in [0.1, 0.15) is 5.75 Å². The number of hydrogen-bond donors (Lipinski definition) is 0. The average Bonchev–Trinajstić information content (AvgIpc) is 3.03. The van der Waals surface area contributed by atoms with Crippen molar-refractivity contribution in [2.75, 3.05) is 6.61 Å². The van der Waals surface area contributed by atoms with Crippen molar-refractivity contribution >= 4 is 5.97 Å². The van der Waals surface area contributed by atoms with Gasteiger partial charge in [-0.15, -0.1) is 0 Å². The quantitative estimate of drug-likeness (QED) is 0.0956. The molecule has 0 spiro atoms. The summed E-state index contributed by atoms with van der Waals surface area (Å²) < 4.78 is 11.4. The van der Waals surface area contributed by atoms with Crippen LogP contribution in [0, 0.1) is 16.7 Å². The second-order valence-electron chi connectivity index (χ2n) is 12.2. The van der Waals surface area contributed by atoms with Crippen molar-refractivity contribution in [1.29, 1.82) is 5.26 Å². The zero-order chi connectivity index (χ0) is 30.0. The lowest BCUT2D eigenvalue weighted by atomic mass is 9.66. The molecule has 1 saturated carbocycles. The molecule has 3 unspecified atom stereocenters. The molecule has 4 heteroatoms. The largest absolute Gasteiger partial charge is 0.490 e. The first-order valence-corrected chi connectivity index (χ1v) is 16.6. The number of esters is 1. The molecule has 42 heavy (non-hydrogen) atoms. The van der Waals surface area contributed by atoms with Crippen LogP contribution in [0.25, 0.3) is 11.1 Å². The minimum atomic E-state index is -0.361. The van der Waals surface area contributed by atoms with Gasteiger partial charge in [0.2, 0.25) is 0 Å². The van der Waals surface area contributed by atoms with E-state index in [2.05, 4.69) is 75.0 Å². The molecule has 1 fully saturated rings. The summed E-state index contributed by atoms with van der Waals surface area (Å²) in [5.74, 6) is 1.01. The maximum Gasteiger partial charge on any atom is 0.330 e. The SMILES string of the molecule is C=CC(=O)OCCCCC(CCC)Oc1ccc(-c2ccc(C3CCCC(C#N)(CCCCCCCC)C3)cc2)cc1. The van der Waals surface area contributed by atoms with Crippen LogP contribution in [0.1, 0.15) is 128 Å². The van der Waals surface area contributed by atoms with E-state index < -0.39 is 0 Å². The number of rotatable bonds is 19. The summed E-state index contributed by atoms with van der Waals surface area (Å²) in [6.45, 7) is 8.29. The highest BCUT2D eigenvalue weighted by molar-refractivity contribution is 5.81. The van der Waals surface area contributed by atoms with Crippen molar-refractivity contribution < 1.29 is 14.3 Å². The molecule has 2 aromatic rings. The molecule has 0 aromatic heterocycles.